The number of ether oxygens (including phenoxy) is 1. The van der Waals surface area contributed by atoms with Crippen molar-refractivity contribution in [3.63, 3.8) is 0 Å². The summed E-state index contributed by atoms with van der Waals surface area (Å²) in [5, 5.41) is 0. The van der Waals surface area contributed by atoms with E-state index in [0.717, 1.165) is 38.5 Å². The van der Waals surface area contributed by atoms with Gasteiger partial charge in [-0.25, -0.2) is 0 Å². The van der Waals surface area contributed by atoms with Gasteiger partial charge in [0.15, 0.2) is 0 Å². The van der Waals surface area contributed by atoms with E-state index in [4.69, 9.17) is 4.74 Å². The van der Waals surface area contributed by atoms with E-state index in [1.807, 2.05) is 36.1 Å². The second kappa shape index (κ2) is 7.93. The second-order valence-electron chi connectivity index (χ2n) is 5.85. The fourth-order valence-corrected chi connectivity index (χ4v) is 2.95. The lowest BCUT2D eigenvalue weighted by molar-refractivity contribution is 0.0626. The van der Waals surface area contributed by atoms with E-state index in [0.29, 0.717) is 12.2 Å². The van der Waals surface area contributed by atoms with E-state index in [2.05, 4.69) is 16.0 Å². The minimum atomic E-state index is 0.0671. The van der Waals surface area contributed by atoms with Crippen LogP contribution in [0.3, 0.4) is 0 Å². The molecule has 0 radical (unpaired) electrons. The molecule has 0 spiro atoms. The number of nitrogens with zero attached hydrogens (tertiary/aromatic N) is 3. The quantitative estimate of drug-likeness (QED) is 0.847. The molecule has 1 aromatic heterocycles. The zero-order valence-corrected chi connectivity index (χ0v) is 14.0. The lowest BCUT2D eigenvalue weighted by atomic mass is 10.1. The fourth-order valence-electron chi connectivity index (χ4n) is 2.95. The second-order valence-corrected chi connectivity index (χ2v) is 5.85. The Kier molecular flexibility index (Phi) is 5.43. The normalized spacial score (nSPS) is 15.3. The summed E-state index contributed by atoms with van der Waals surface area (Å²) in [6.07, 6.45) is 3.32. The Balaban J connectivity index is 1.57. The summed E-state index contributed by atoms with van der Waals surface area (Å²) < 4.78 is 5.70. The summed E-state index contributed by atoms with van der Waals surface area (Å²) in [5.74, 6) is 1.02. The maximum Gasteiger partial charge on any atom is 0.255 e. The molecular formula is C19H23N3O2. The summed E-state index contributed by atoms with van der Waals surface area (Å²) in [5.41, 5.74) is 1.86. The molecule has 0 atom stereocenters. The molecule has 2 aromatic rings. The fraction of sp³-hybridized carbons (Fsp3) is 0.368. The smallest absolute Gasteiger partial charge is 0.255 e. The number of piperazine rings is 1. The van der Waals surface area contributed by atoms with E-state index in [1.54, 1.807) is 18.5 Å². The maximum atomic E-state index is 12.5. The van der Waals surface area contributed by atoms with Crippen molar-refractivity contribution in [3.05, 3.63) is 59.9 Å². The minimum Gasteiger partial charge on any atom is -0.494 e. The van der Waals surface area contributed by atoms with E-state index in [1.165, 1.54) is 5.56 Å². The highest BCUT2D eigenvalue weighted by Crippen LogP contribution is 2.20. The van der Waals surface area contributed by atoms with Crippen LogP contribution in [0.15, 0.2) is 48.8 Å². The summed E-state index contributed by atoms with van der Waals surface area (Å²) in [7, 11) is 0. The number of carbonyl (C=O) groups is 1. The first-order valence-corrected chi connectivity index (χ1v) is 8.40. The highest BCUT2D eigenvalue weighted by molar-refractivity contribution is 5.93. The number of benzene rings is 1. The zero-order valence-electron chi connectivity index (χ0n) is 14.0. The Bertz CT molecular complexity index is 667. The minimum absolute atomic E-state index is 0.0671. The molecule has 5 nitrogen and oxygen atoms in total. The molecule has 3 rings (SSSR count). The van der Waals surface area contributed by atoms with Crippen LogP contribution in [0.5, 0.6) is 5.75 Å². The molecule has 0 aliphatic carbocycles. The van der Waals surface area contributed by atoms with Gasteiger partial charge in [0.25, 0.3) is 5.91 Å². The number of para-hydroxylation sites is 1. The highest BCUT2D eigenvalue weighted by Gasteiger charge is 2.22. The van der Waals surface area contributed by atoms with Crippen LogP contribution in [0.2, 0.25) is 0 Å². The van der Waals surface area contributed by atoms with Gasteiger partial charge in [-0.05, 0) is 25.1 Å². The molecule has 0 bridgehead atoms. The molecule has 1 aliphatic heterocycles. The van der Waals surface area contributed by atoms with Crippen molar-refractivity contribution in [2.75, 3.05) is 32.8 Å². The molecular weight excluding hydrogens is 302 g/mol. The lowest BCUT2D eigenvalue weighted by Crippen LogP contribution is -2.48. The van der Waals surface area contributed by atoms with Crippen LogP contribution in [0.25, 0.3) is 0 Å². The molecule has 1 aliphatic rings. The van der Waals surface area contributed by atoms with Crippen LogP contribution in [0.1, 0.15) is 22.8 Å². The summed E-state index contributed by atoms with van der Waals surface area (Å²) in [4.78, 5) is 20.7. The number of amides is 1. The average Bonchev–Trinajstić information content (AvgIpc) is 2.64. The van der Waals surface area contributed by atoms with Crippen LogP contribution in [-0.2, 0) is 6.54 Å². The van der Waals surface area contributed by atoms with Crippen LogP contribution in [0.4, 0.5) is 0 Å². The van der Waals surface area contributed by atoms with E-state index in [9.17, 15) is 4.79 Å². The topological polar surface area (TPSA) is 45.7 Å². The Morgan fingerprint density at radius 3 is 2.62 bits per heavy atom. The molecule has 2 heterocycles. The van der Waals surface area contributed by atoms with Gasteiger partial charge in [0.2, 0.25) is 0 Å². The van der Waals surface area contributed by atoms with Crippen molar-refractivity contribution in [1.82, 2.24) is 14.8 Å². The first-order chi connectivity index (χ1) is 11.8. The number of hydrogen-bond acceptors (Lipinski definition) is 4. The van der Waals surface area contributed by atoms with Crippen molar-refractivity contribution in [2.45, 2.75) is 13.5 Å². The Morgan fingerprint density at radius 2 is 1.92 bits per heavy atom. The monoisotopic (exact) mass is 325 g/mol. The Morgan fingerprint density at radius 1 is 1.12 bits per heavy atom. The number of pyridine rings is 1. The highest BCUT2D eigenvalue weighted by atomic mass is 16.5. The Labute approximate surface area is 142 Å². The number of aromatic nitrogens is 1. The summed E-state index contributed by atoms with van der Waals surface area (Å²) in [6, 6.07) is 11.8. The SMILES string of the molecule is CCOc1ccccc1CN1CCN(C(=O)c2cccnc2)CC1. The number of rotatable bonds is 5. The molecule has 5 heteroatoms. The van der Waals surface area contributed by atoms with Gasteiger partial charge in [0, 0.05) is 50.7 Å². The van der Waals surface area contributed by atoms with E-state index in [-0.39, 0.29) is 5.91 Å². The molecule has 126 valence electrons. The molecule has 0 unspecified atom stereocenters. The lowest BCUT2D eigenvalue weighted by Gasteiger charge is -2.35. The third-order valence-electron chi connectivity index (χ3n) is 4.23. The van der Waals surface area contributed by atoms with Crippen molar-refractivity contribution in [1.29, 1.82) is 0 Å². The predicted molar refractivity (Wildman–Crippen MR) is 93.0 cm³/mol. The van der Waals surface area contributed by atoms with Crippen molar-refractivity contribution >= 4 is 5.91 Å². The van der Waals surface area contributed by atoms with Crippen molar-refractivity contribution < 1.29 is 9.53 Å². The number of carbonyl (C=O) groups excluding carboxylic acids is 1. The van der Waals surface area contributed by atoms with Gasteiger partial charge in [-0.1, -0.05) is 18.2 Å². The van der Waals surface area contributed by atoms with Crippen LogP contribution in [0, 0.1) is 0 Å². The summed E-state index contributed by atoms with van der Waals surface area (Å²) >= 11 is 0. The van der Waals surface area contributed by atoms with E-state index >= 15 is 0 Å². The first kappa shape index (κ1) is 16.5. The molecule has 24 heavy (non-hydrogen) atoms. The van der Waals surface area contributed by atoms with Crippen LogP contribution < -0.4 is 4.74 Å². The van der Waals surface area contributed by atoms with E-state index < -0.39 is 0 Å². The van der Waals surface area contributed by atoms with Crippen molar-refractivity contribution in [3.8, 4) is 5.75 Å². The average molecular weight is 325 g/mol. The largest absolute Gasteiger partial charge is 0.494 e. The molecule has 0 N–H and O–H groups in total. The van der Waals surface area contributed by atoms with Gasteiger partial charge >= 0.3 is 0 Å². The summed E-state index contributed by atoms with van der Waals surface area (Å²) in [6.45, 7) is 6.74. The molecule has 1 aromatic carbocycles. The maximum absolute atomic E-state index is 12.5. The third-order valence-corrected chi connectivity index (χ3v) is 4.23. The van der Waals surface area contributed by atoms with Gasteiger partial charge in [0.05, 0.1) is 12.2 Å². The van der Waals surface area contributed by atoms with Crippen LogP contribution >= 0.6 is 0 Å². The Hall–Kier alpha value is -2.40. The van der Waals surface area contributed by atoms with Gasteiger partial charge in [0.1, 0.15) is 5.75 Å². The standard InChI is InChI=1S/C19H23N3O2/c1-2-24-18-8-4-3-6-17(18)15-21-10-12-22(13-11-21)19(23)16-7-5-9-20-14-16/h3-9,14H,2,10-13,15H2,1H3. The predicted octanol–water partition coefficient (Wildman–Crippen LogP) is 2.44. The molecule has 0 saturated carbocycles. The zero-order chi connectivity index (χ0) is 16.8. The molecule has 1 saturated heterocycles. The third kappa shape index (κ3) is 3.92. The van der Waals surface area contributed by atoms with Crippen LogP contribution in [-0.4, -0.2) is 53.5 Å². The van der Waals surface area contributed by atoms with Gasteiger partial charge in [-0.2, -0.15) is 0 Å². The molecule has 1 fully saturated rings. The van der Waals surface area contributed by atoms with Crippen molar-refractivity contribution in [2.24, 2.45) is 0 Å². The van der Waals surface area contributed by atoms with Gasteiger partial charge in [-0.15, -0.1) is 0 Å². The van der Waals surface area contributed by atoms with Gasteiger partial charge < -0.3 is 9.64 Å². The molecule has 1 amide bonds. The first-order valence-electron chi connectivity index (χ1n) is 8.40. The van der Waals surface area contributed by atoms with Gasteiger partial charge in [-0.3, -0.25) is 14.7 Å². The number of hydrogen-bond donors (Lipinski definition) is 0.